The highest BCUT2D eigenvalue weighted by Gasteiger charge is 2.19. The molecule has 0 atom stereocenters. The van der Waals surface area contributed by atoms with Crippen LogP contribution in [0.3, 0.4) is 0 Å². The SMILES string of the molecule is Cc1c(O)c(C(=O)Nc2ccccc2Cl)cc2ccc3c4cc(Cl)ccc4[nH]c3c12. The van der Waals surface area contributed by atoms with Gasteiger partial charge in [0.05, 0.1) is 21.8 Å². The topological polar surface area (TPSA) is 65.1 Å². The van der Waals surface area contributed by atoms with E-state index in [1.165, 1.54) is 0 Å². The van der Waals surface area contributed by atoms with Crippen LogP contribution in [0.5, 0.6) is 5.75 Å². The van der Waals surface area contributed by atoms with E-state index < -0.39 is 5.91 Å². The summed E-state index contributed by atoms with van der Waals surface area (Å²) in [6.45, 7) is 1.81. The molecular formula is C24H16Cl2N2O2. The number of aromatic hydroxyl groups is 1. The van der Waals surface area contributed by atoms with Gasteiger partial charge in [-0.15, -0.1) is 0 Å². The van der Waals surface area contributed by atoms with Crippen molar-refractivity contribution in [1.29, 1.82) is 0 Å². The number of amides is 1. The Morgan fingerprint density at radius 3 is 2.60 bits per heavy atom. The number of para-hydroxylation sites is 1. The fourth-order valence-corrected chi connectivity index (χ4v) is 4.30. The fourth-order valence-electron chi connectivity index (χ4n) is 3.95. The number of aromatic nitrogens is 1. The molecule has 0 fully saturated rings. The Morgan fingerprint density at radius 1 is 1.00 bits per heavy atom. The number of nitrogens with one attached hydrogen (secondary N) is 2. The maximum absolute atomic E-state index is 12.9. The third-order valence-corrected chi connectivity index (χ3v) is 5.99. The summed E-state index contributed by atoms with van der Waals surface area (Å²) in [6, 6.07) is 18.3. The molecule has 6 heteroatoms. The number of H-pyrrole nitrogens is 1. The summed E-state index contributed by atoms with van der Waals surface area (Å²) >= 11 is 12.3. The van der Waals surface area contributed by atoms with Gasteiger partial charge in [0, 0.05) is 32.3 Å². The van der Waals surface area contributed by atoms with Crippen LogP contribution in [0.2, 0.25) is 10.0 Å². The molecule has 1 aromatic heterocycles. The molecule has 0 spiro atoms. The number of fused-ring (bicyclic) bond motifs is 5. The molecule has 5 aromatic rings. The van der Waals surface area contributed by atoms with Gasteiger partial charge in [-0.3, -0.25) is 4.79 Å². The van der Waals surface area contributed by atoms with Gasteiger partial charge in [-0.25, -0.2) is 0 Å². The molecule has 4 nitrogen and oxygen atoms in total. The summed E-state index contributed by atoms with van der Waals surface area (Å²) in [4.78, 5) is 16.3. The van der Waals surface area contributed by atoms with E-state index in [2.05, 4.69) is 10.3 Å². The third kappa shape index (κ3) is 2.88. The molecule has 0 unspecified atom stereocenters. The van der Waals surface area contributed by atoms with Crippen molar-refractivity contribution in [3.05, 3.63) is 81.8 Å². The number of hydrogen-bond acceptors (Lipinski definition) is 2. The Morgan fingerprint density at radius 2 is 1.80 bits per heavy atom. The van der Waals surface area contributed by atoms with Crippen LogP contribution >= 0.6 is 23.2 Å². The first-order valence-electron chi connectivity index (χ1n) is 9.36. The number of hydrogen-bond donors (Lipinski definition) is 3. The van der Waals surface area contributed by atoms with Gasteiger partial charge in [-0.1, -0.05) is 47.5 Å². The van der Waals surface area contributed by atoms with Crippen LogP contribution < -0.4 is 5.32 Å². The lowest BCUT2D eigenvalue weighted by Crippen LogP contribution is -2.13. The largest absolute Gasteiger partial charge is 0.507 e. The number of benzene rings is 4. The van der Waals surface area contributed by atoms with Crippen LogP contribution in [0.25, 0.3) is 32.6 Å². The van der Waals surface area contributed by atoms with Crippen molar-refractivity contribution in [3.63, 3.8) is 0 Å². The fraction of sp³-hybridized carbons (Fsp3) is 0.0417. The van der Waals surface area contributed by atoms with Gasteiger partial charge in [-0.2, -0.15) is 0 Å². The van der Waals surface area contributed by atoms with Gasteiger partial charge >= 0.3 is 0 Å². The molecule has 0 radical (unpaired) electrons. The zero-order valence-electron chi connectivity index (χ0n) is 15.9. The molecule has 30 heavy (non-hydrogen) atoms. The first kappa shape index (κ1) is 18.8. The average molecular weight is 435 g/mol. The second kappa shape index (κ2) is 6.94. The summed E-state index contributed by atoms with van der Waals surface area (Å²) in [5, 5.41) is 18.5. The van der Waals surface area contributed by atoms with Gasteiger partial charge in [0.25, 0.3) is 5.91 Å². The Balaban J connectivity index is 1.70. The molecule has 0 aliphatic carbocycles. The van der Waals surface area contributed by atoms with Crippen molar-refractivity contribution in [2.75, 3.05) is 5.32 Å². The number of rotatable bonds is 2. The minimum absolute atomic E-state index is 0.0590. The zero-order valence-corrected chi connectivity index (χ0v) is 17.4. The van der Waals surface area contributed by atoms with E-state index >= 15 is 0 Å². The van der Waals surface area contributed by atoms with Crippen LogP contribution in [-0.4, -0.2) is 16.0 Å². The quantitative estimate of drug-likeness (QED) is 0.278. The lowest BCUT2D eigenvalue weighted by Gasteiger charge is -2.13. The van der Waals surface area contributed by atoms with E-state index in [4.69, 9.17) is 23.2 Å². The number of halogens is 2. The van der Waals surface area contributed by atoms with Crippen molar-refractivity contribution in [3.8, 4) is 5.75 Å². The standard InChI is InChI=1S/C24H16Cl2N2O2/c1-12-21-13(6-8-15-16-11-14(25)7-9-19(16)27-22(15)21)10-17(23(12)29)24(30)28-20-5-3-2-4-18(20)26/h2-11,27,29H,1H3,(H,28,30). The average Bonchev–Trinajstić information content (AvgIpc) is 3.09. The number of phenolic OH excluding ortho intramolecular Hbond substituents is 1. The predicted molar refractivity (Wildman–Crippen MR) is 124 cm³/mol. The predicted octanol–water partition coefficient (Wildman–Crippen LogP) is 7.05. The molecule has 0 aliphatic rings. The molecule has 4 aromatic carbocycles. The monoisotopic (exact) mass is 434 g/mol. The normalized spacial score (nSPS) is 11.4. The molecular weight excluding hydrogens is 419 g/mol. The Hall–Kier alpha value is -3.21. The number of aromatic amines is 1. The Kier molecular flexibility index (Phi) is 4.35. The van der Waals surface area contributed by atoms with Crippen LogP contribution in [0, 0.1) is 6.92 Å². The van der Waals surface area contributed by atoms with Crippen molar-refractivity contribution >= 4 is 67.4 Å². The Bertz CT molecular complexity index is 1490. The number of phenols is 1. The highest BCUT2D eigenvalue weighted by Crippen LogP contribution is 2.38. The summed E-state index contributed by atoms with van der Waals surface area (Å²) in [5.41, 5.74) is 3.17. The highest BCUT2D eigenvalue weighted by molar-refractivity contribution is 6.34. The molecule has 5 rings (SSSR count). The molecule has 0 saturated heterocycles. The van der Waals surface area contributed by atoms with E-state index in [1.54, 1.807) is 30.3 Å². The summed E-state index contributed by atoms with van der Waals surface area (Å²) < 4.78 is 0. The van der Waals surface area contributed by atoms with Gasteiger partial charge < -0.3 is 15.4 Å². The minimum Gasteiger partial charge on any atom is -0.507 e. The zero-order chi connectivity index (χ0) is 21.0. The molecule has 0 aliphatic heterocycles. The number of aryl methyl sites for hydroxylation is 1. The smallest absolute Gasteiger partial charge is 0.259 e. The Labute approximate surface area is 182 Å². The second-order valence-electron chi connectivity index (χ2n) is 7.23. The van der Waals surface area contributed by atoms with E-state index in [9.17, 15) is 9.90 Å². The van der Waals surface area contributed by atoms with E-state index in [0.717, 1.165) is 32.6 Å². The lowest BCUT2D eigenvalue weighted by atomic mass is 9.97. The molecule has 1 amide bonds. The van der Waals surface area contributed by atoms with Crippen LogP contribution in [-0.2, 0) is 0 Å². The van der Waals surface area contributed by atoms with Crippen LogP contribution in [0.4, 0.5) is 5.69 Å². The van der Waals surface area contributed by atoms with E-state index in [0.29, 0.717) is 21.3 Å². The molecule has 0 saturated carbocycles. The first-order chi connectivity index (χ1) is 14.4. The van der Waals surface area contributed by atoms with Crippen molar-refractivity contribution in [1.82, 2.24) is 4.98 Å². The van der Waals surface area contributed by atoms with Gasteiger partial charge in [0.15, 0.2) is 0 Å². The third-order valence-electron chi connectivity index (χ3n) is 5.42. The van der Waals surface area contributed by atoms with Gasteiger partial charge in [-0.05, 0) is 48.7 Å². The molecule has 0 bridgehead atoms. The maximum Gasteiger partial charge on any atom is 0.259 e. The molecule has 3 N–H and O–H groups in total. The summed E-state index contributed by atoms with van der Waals surface area (Å²) in [6.07, 6.45) is 0. The number of anilines is 1. The van der Waals surface area contributed by atoms with Crippen LogP contribution in [0.15, 0.2) is 60.7 Å². The lowest BCUT2D eigenvalue weighted by molar-refractivity contribution is 0.102. The van der Waals surface area contributed by atoms with E-state index in [-0.39, 0.29) is 11.3 Å². The first-order valence-corrected chi connectivity index (χ1v) is 10.1. The molecule has 148 valence electrons. The van der Waals surface area contributed by atoms with Gasteiger partial charge in [0.2, 0.25) is 0 Å². The maximum atomic E-state index is 12.9. The van der Waals surface area contributed by atoms with Crippen LogP contribution in [0.1, 0.15) is 15.9 Å². The number of carbonyl (C=O) groups excluding carboxylic acids is 1. The minimum atomic E-state index is -0.422. The van der Waals surface area contributed by atoms with Crippen molar-refractivity contribution in [2.24, 2.45) is 0 Å². The highest BCUT2D eigenvalue weighted by atomic mass is 35.5. The van der Waals surface area contributed by atoms with Crippen molar-refractivity contribution < 1.29 is 9.90 Å². The second-order valence-corrected chi connectivity index (χ2v) is 8.08. The summed E-state index contributed by atoms with van der Waals surface area (Å²) in [5.74, 6) is -0.481. The summed E-state index contributed by atoms with van der Waals surface area (Å²) in [7, 11) is 0. The van der Waals surface area contributed by atoms with Gasteiger partial charge in [0.1, 0.15) is 5.75 Å². The number of carbonyl (C=O) groups is 1. The van der Waals surface area contributed by atoms with E-state index in [1.807, 2.05) is 37.3 Å². The molecule has 1 heterocycles. The van der Waals surface area contributed by atoms with Crippen molar-refractivity contribution in [2.45, 2.75) is 6.92 Å².